The van der Waals surface area contributed by atoms with Crippen molar-refractivity contribution in [3.8, 4) is 5.75 Å². The minimum atomic E-state index is -5.11. The number of para-hydroxylation sites is 1. The minimum absolute atomic E-state index is 0.00754. The quantitative estimate of drug-likeness (QED) is 0.352. The predicted octanol–water partition coefficient (Wildman–Crippen LogP) is 3.31. The number of fused-ring (bicyclic) bond motifs is 5. The van der Waals surface area contributed by atoms with Crippen LogP contribution in [-0.2, 0) is 21.4 Å². The second kappa shape index (κ2) is 11.5. The summed E-state index contributed by atoms with van der Waals surface area (Å²) in [6.45, 7) is 0.278. The Kier molecular flexibility index (Phi) is 8.18. The van der Waals surface area contributed by atoms with Crippen LogP contribution in [0.15, 0.2) is 69.9 Å². The molecule has 226 valence electrons. The number of aliphatic hydroxyl groups is 2. The number of alkyl halides is 3. The molecule has 1 aliphatic carbocycles. The molecule has 2 aromatic rings. The van der Waals surface area contributed by atoms with E-state index in [1.807, 2.05) is 0 Å². The number of amidine groups is 1. The zero-order valence-corrected chi connectivity index (χ0v) is 22.8. The number of benzene rings is 2. The number of carbonyl (C=O) groups is 1. The van der Waals surface area contributed by atoms with Gasteiger partial charge in [-0.15, -0.1) is 13.2 Å². The summed E-state index contributed by atoms with van der Waals surface area (Å²) in [6.07, 6.45) is -4.83. The fourth-order valence-corrected chi connectivity index (χ4v) is 7.03. The van der Waals surface area contributed by atoms with Crippen molar-refractivity contribution < 1.29 is 45.7 Å². The Balaban J connectivity index is 1.43. The van der Waals surface area contributed by atoms with Gasteiger partial charge in [-0.2, -0.15) is 0 Å². The number of nitrogens with one attached hydrogen (secondary N) is 2. The molecule has 1 amide bonds. The SMILES string of the molecule is O=C(NCc1ccc(F)cc1)C1=C(O)[C@@H](O)N2CC3CCC(NS(=O)(=O)c4ccccc4OC(F)(F)F)C(CC3)C2=N1. The highest BCUT2D eigenvalue weighted by Crippen LogP contribution is 2.39. The van der Waals surface area contributed by atoms with E-state index >= 15 is 0 Å². The average Bonchev–Trinajstić information content (AvgIpc) is 3.23. The Morgan fingerprint density at radius 1 is 1.07 bits per heavy atom. The molecule has 1 saturated heterocycles. The number of sulfonamides is 1. The molecule has 2 aromatic carbocycles. The van der Waals surface area contributed by atoms with Crippen molar-refractivity contribution in [2.75, 3.05) is 6.54 Å². The number of rotatable bonds is 7. The van der Waals surface area contributed by atoms with Crippen LogP contribution < -0.4 is 14.8 Å². The second-order valence-corrected chi connectivity index (χ2v) is 12.1. The molecule has 0 radical (unpaired) electrons. The number of hydrogen-bond donors (Lipinski definition) is 4. The molecule has 2 bridgehead atoms. The van der Waals surface area contributed by atoms with Crippen molar-refractivity contribution in [1.82, 2.24) is 14.9 Å². The smallest absolute Gasteiger partial charge is 0.506 e. The van der Waals surface area contributed by atoms with Crippen LogP contribution in [0.4, 0.5) is 17.6 Å². The van der Waals surface area contributed by atoms with Gasteiger partial charge in [0.2, 0.25) is 10.0 Å². The predicted molar refractivity (Wildman–Crippen MR) is 141 cm³/mol. The standard InChI is InChI=1S/C27H28F4N4O6S/c28-17-9-5-15(6-10-17)13-32-25(37)22-23(36)26(38)35-14-16-7-11-18(24(35)33-22)19(12-8-16)34-42(39,40)21-4-2-1-3-20(21)41-27(29,30)31/h1-6,9-10,16,18-19,26,34,36,38H,7-8,11-14H2,(H,32,37)/t16?,18?,19?,26-/m1/s1. The van der Waals surface area contributed by atoms with E-state index in [9.17, 15) is 41.0 Å². The first-order valence-electron chi connectivity index (χ1n) is 13.2. The van der Waals surface area contributed by atoms with Gasteiger partial charge in [-0.25, -0.2) is 22.5 Å². The lowest BCUT2D eigenvalue weighted by atomic mass is 9.92. The number of carbonyl (C=O) groups excluding carboxylic acids is 1. The van der Waals surface area contributed by atoms with Gasteiger partial charge in [-0.05, 0) is 61.4 Å². The van der Waals surface area contributed by atoms with Crippen LogP contribution in [0.3, 0.4) is 0 Å². The molecule has 10 nitrogen and oxygen atoms in total. The number of nitrogens with zero attached hydrogens (tertiary/aromatic N) is 2. The molecule has 0 aromatic heterocycles. The third-order valence-electron chi connectivity index (χ3n) is 7.60. The summed E-state index contributed by atoms with van der Waals surface area (Å²) in [5.74, 6) is -3.32. The van der Waals surface area contributed by atoms with Crippen molar-refractivity contribution in [3.63, 3.8) is 0 Å². The highest BCUT2D eigenvalue weighted by molar-refractivity contribution is 7.89. The highest BCUT2D eigenvalue weighted by Gasteiger charge is 2.45. The van der Waals surface area contributed by atoms with Crippen LogP contribution >= 0.6 is 0 Å². The van der Waals surface area contributed by atoms with E-state index in [-0.39, 0.29) is 18.3 Å². The van der Waals surface area contributed by atoms with Gasteiger partial charge in [-0.3, -0.25) is 4.79 Å². The van der Waals surface area contributed by atoms with Crippen molar-refractivity contribution in [2.45, 2.75) is 55.8 Å². The van der Waals surface area contributed by atoms with E-state index in [2.05, 4.69) is 19.8 Å². The third kappa shape index (κ3) is 6.37. The lowest BCUT2D eigenvalue weighted by Crippen LogP contribution is -2.54. The van der Waals surface area contributed by atoms with Crippen LogP contribution in [0.2, 0.25) is 0 Å². The topological polar surface area (TPSA) is 141 Å². The highest BCUT2D eigenvalue weighted by atomic mass is 32.2. The molecule has 15 heteroatoms. The molecule has 3 unspecified atom stereocenters. The Bertz CT molecular complexity index is 1510. The summed E-state index contributed by atoms with van der Waals surface area (Å²) >= 11 is 0. The van der Waals surface area contributed by atoms with Crippen LogP contribution in [0.1, 0.15) is 31.2 Å². The number of aliphatic imine (C=N–C) groups is 1. The van der Waals surface area contributed by atoms with Gasteiger partial charge in [-0.1, -0.05) is 24.3 Å². The fourth-order valence-electron chi connectivity index (χ4n) is 5.59. The van der Waals surface area contributed by atoms with Crippen LogP contribution in [0.5, 0.6) is 5.75 Å². The van der Waals surface area contributed by atoms with Crippen LogP contribution in [-0.4, -0.2) is 60.5 Å². The van der Waals surface area contributed by atoms with Gasteiger partial charge < -0.3 is 25.2 Å². The summed E-state index contributed by atoms with van der Waals surface area (Å²) < 4.78 is 85.3. The third-order valence-corrected chi connectivity index (χ3v) is 9.13. The summed E-state index contributed by atoms with van der Waals surface area (Å²) in [5, 5.41) is 24.3. The van der Waals surface area contributed by atoms with E-state index in [1.54, 1.807) is 0 Å². The number of amides is 1. The molecule has 0 spiro atoms. The summed E-state index contributed by atoms with van der Waals surface area (Å²) in [5.41, 5.74) is 0.120. The molecule has 3 aliphatic rings. The van der Waals surface area contributed by atoms with E-state index < -0.39 is 68.4 Å². The van der Waals surface area contributed by atoms with Gasteiger partial charge in [0.05, 0.1) is 0 Å². The van der Waals surface area contributed by atoms with E-state index in [0.717, 1.165) is 12.1 Å². The van der Waals surface area contributed by atoms with Gasteiger partial charge in [0.1, 0.15) is 22.3 Å². The maximum atomic E-state index is 13.4. The maximum Gasteiger partial charge on any atom is 0.573 e. The summed E-state index contributed by atoms with van der Waals surface area (Å²) in [4.78, 5) is 18.1. The molecular weight excluding hydrogens is 584 g/mol. The molecule has 42 heavy (non-hydrogen) atoms. The average molecular weight is 613 g/mol. The van der Waals surface area contributed by atoms with E-state index in [1.165, 1.54) is 41.3 Å². The van der Waals surface area contributed by atoms with Gasteiger partial charge in [0.15, 0.2) is 17.7 Å². The molecular formula is C27H28F4N4O6S. The zero-order valence-electron chi connectivity index (χ0n) is 22.0. The minimum Gasteiger partial charge on any atom is -0.506 e. The van der Waals surface area contributed by atoms with Crippen molar-refractivity contribution >= 4 is 21.8 Å². The Morgan fingerprint density at radius 3 is 2.48 bits per heavy atom. The zero-order chi connectivity index (χ0) is 30.2. The first kappa shape index (κ1) is 29.8. The fraction of sp³-hybridized carbons (Fsp3) is 0.407. The lowest BCUT2D eigenvalue weighted by molar-refractivity contribution is -0.275. The number of halogens is 4. The van der Waals surface area contributed by atoms with Crippen molar-refractivity contribution in [2.24, 2.45) is 16.8 Å². The van der Waals surface area contributed by atoms with Crippen LogP contribution in [0, 0.1) is 17.7 Å². The maximum absolute atomic E-state index is 13.4. The number of hydrogen-bond acceptors (Lipinski definition) is 8. The lowest BCUT2D eigenvalue weighted by Gasteiger charge is -2.40. The molecule has 2 fully saturated rings. The first-order valence-corrected chi connectivity index (χ1v) is 14.7. The van der Waals surface area contributed by atoms with Gasteiger partial charge in [0.25, 0.3) is 5.91 Å². The molecule has 2 heterocycles. The van der Waals surface area contributed by atoms with Crippen molar-refractivity contribution in [1.29, 1.82) is 0 Å². The van der Waals surface area contributed by atoms with E-state index in [4.69, 9.17) is 0 Å². The summed E-state index contributed by atoms with van der Waals surface area (Å²) in [7, 11) is -4.53. The molecule has 1 saturated carbocycles. The van der Waals surface area contributed by atoms with Gasteiger partial charge in [0, 0.05) is 25.0 Å². The van der Waals surface area contributed by atoms with Crippen LogP contribution in [0.25, 0.3) is 0 Å². The van der Waals surface area contributed by atoms with E-state index in [0.29, 0.717) is 37.8 Å². The molecule has 4 N–H and O–H groups in total. The Labute approximate surface area is 238 Å². The van der Waals surface area contributed by atoms with Crippen molar-refractivity contribution in [3.05, 3.63) is 71.4 Å². The molecule has 5 rings (SSSR count). The Hall–Kier alpha value is -3.69. The number of aliphatic hydroxyl groups excluding tert-OH is 2. The van der Waals surface area contributed by atoms with Gasteiger partial charge >= 0.3 is 6.36 Å². The summed E-state index contributed by atoms with van der Waals surface area (Å²) in [6, 6.07) is 8.92. The first-order chi connectivity index (χ1) is 19.8. The second-order valence-electron chi connectivity index (χ2n) is 10.4. The molecule has 2 aliphatic heterocycles. The Morgan fingerprint density at radius 2 is 1.76 bits per heavy atom. The largest absolute Gasteiger partial charge is 0.573 e. The number of ether oxygens (including phenoxy) is 1. The molecule has 4 atom stereocenters. The normalized spacial score (nSPS) is 24.4. The monoisotopic (exact) mass is 612 g/mol.